The topological polar surface area (TPSA) is 69.8 Å². The van der Waals surface area contributed by atoms with Gasteiger partial charge in [-0.2, -0.15) is 5.10 Å². The zero-order chi connectivity index (χ0) is 15.6. The third kappa shape index (κ3) is 2.92. The molecule has 118 valence electrons. The van der Waals surface area contributed by atoms with Crippen LogP contribution in [0.25, 0.3) is 17.0 Å². The molecule has 1 aromatic carbocycles. The first-order valence-corrected chi connectivity index (χ1v) is 8.66. The summed E-state index contributed by atoms with van der Waals surface area (Å²) in [5.41, 5.74) is 3.28. The lowest BCUT2D eigenvalue weighted by Crippen LogP contribution is -2.26. The highest BCUT2D eigenvalue weighted by Gasteiger charge is 2.20. The van der Waals surface area contributed by atoms with Gasteiger partial charge in [0.25, 0.3) is 5.91 Å². The second-order valence-electron chi connectivity index (χ2n) is 5.72. The molecular weight excluding hydrogens is 308 g/mol. The molecular formula is C17H18N4OS. The number of hydrogen-bond acceptors (Lipinski definition) is 4. The van der Waals surface area contributed by atoms with Crippen molar-refractivity contribution in [1.82, 2.24) is 20.8 Å². The van der Waals surface area contributed by atoms with E-state index in [0.29, 0.717) is 11.4 Å². The van der Waals surface area contributed by atoms with E-state index in [2.05, 4.69) is 26.9 Å². The van der Waals surface area contributed by atoms with Gasteiger partial charge in [0.05, 0.1) is 16.1 Å². The lowest BCUT2D eigenvalue weighted by molar-refractivity contribution is -0.116. The molecule has 0 radical (unpaired) electrons. The minimum atomic E-state index is -0.0296. The second-order valence-corrected chi connectivity index (χ2v) is 6.80. The fraction of sp³-hybridized carbons (Fsp3) is 0.294. The molecule has 1 aromatic heterocycles. The van der Waals surface area contributed by atoms with E-state index in [0.717, 1.165) is 47.4 Å². The summed E-state index contributed by atoms with van der Waals surface area (Å²) in [4.78, 5) is 14.2. The minimum Gasteiger partial charge on any atom is -0.348 e. The standard InChI is InChI=1S/C17H18N4OS/c22-17(19-9-6-11-4-7-18-8-5-11)15-10-13-16-12(20-21-13)2-1-3-14(16)23-15/h1-3,6,10,18H,4-5,7-9H2,(H,19,22)(H,20,21). The van der Waals surface area contributed by atoms with E-state index >= 15 is 0 Å². The SMILES string of the molecule is O=C(NCC=C1CCNCC1)C1=Cc2[nH]nc3cccc(c23)S1. The Hall–Kier alpha value is -2.05. The van der Waals surface area contributed by atoms with Crippen molar-refractivity contribution < 1.29 is 4.79 Å². The van der Waals surface area contributed by atoms with E-state index in [1.807, 2.05) is 24.3 Å². The molecule has 2 aliphatic rings. The smallest absolute Gasteiger partial charge is 0.258 e. The number of aromatic nitrogens is 2. The Morgan fingerprint density at radius 3 is 3.09 bits per heavy atom. The van der Waals surface area contributed by atoms with E-state index < -0.39 is 0 Å². The molecule has 0 atom stereocenters. The molecule has 2 aromatic rings. The third-order valence-corrected chi connectivity index (χ3v) is 5.27. The number of benzene rings is 1. The van der Waals surface area contributed by atoms with Crippen molar-refractivity contribution in [1.29, 1.82) is 0 Å². The fourth-order valence-electron chi connectivity index (χ4n) is 2.97. The number of aromatic amines is 1. The normalized spacial score (nSPS) is 17.0. The van der Waals surface area contributed by atoms with Crippen LogP contribution in [0, 0.1) is 0 Å². The van der Waals surface area contributed by atoms with E-state index in [1.54, 1.807) is 0 Å². The molecule has 1 fully saturated rings. The maximum absolute atomic E-state index is 12.4. The Kier molecular flexibility index (Phi) is 3.93. The first-order valence-electron chi connectivity index (χ1n) is 7.85. The zero-order valence-electron chi connectivity index (χ0n) is 12.7. The molecule has 2 aliphatic heterocycles. The van der Waals surface area contributed by atoms with E-state index in [-0.39, 0.29) is 5.91 Å². The molecule has 0 bridgehead atoms. The first-order chi connectivity index (χ1) is 11.3. The number of amides is 1. The summed E-state index contributed by atoms with van der Waals surface area (Å²) >= 11 is 1.51. The van der Waals surface area contributed by atoms with Gasteiger partial charge in [-0.15, -0.1) is 0 Å². The third-order valence-electron chi connectivity index (χ3n) is 4.19. The number of nitrogens with one attached hydrogen (secondary N) is 3. The molecule has 1 saturated heterocycles. The summed E-state index contributed by atoms with van der Waals surface area (Å²) < 4.78 is 0. The number of carbonyl (C=O) groups excluding carboxylic acids is 1. The van der Waals surface area contributed by atoms with Crippen LogP contribution in [0.5, 0.6) is 0 Å². The first kappa shape index (κ1) is 14.5. The van der Waals surface area contributed by atoms with Crippen molar-refractivity contribution in [3.63, 3.8) is 0 Å². The molecule has 4 rings (SSSR count). The quantitative estimate of drug-likeness (QED) is 0.758. The van der Waals surface area contributed by atoms with Crippen LogP contribution in [0.1, 0.15) is 18.5 Å². The second kappa shape index (κ2) is 6.22. The van der Waals surface area contributed by atoms with Gasteiger partial charge in [0.1, 0.15) is 0 Å². The number of carbonyl (C=O) groups is 1. The molecule has 0 spiro atoms. The average Bonchev–Trinajstić information content (AvgIpc) is 3.01. The fourth-order valence-corrected chi connectivity index (χ4v) is 4.01. The zero-order valence-corrected chi connectivity index (χ0v) is 13.5. The lowest BCUT2D eigenvalue weighted by Gasteiger charge is -2.16. The van der Waals surface area contributed by atoms with Crippen molar-refractivity contribution in [2.24, 2.45) is 0 Å². The average molecular weight is 326 g/mol. The van der Waals surface area contributed by atoms with Crippen LogP contribution in [0.4, 0.5) is 0 Å². The van der Waals surface area contributed by atoms with Crippen LogP contribution in [0.15, 0.2) is 39.6 Å². The maximum Gasteiger partial charge on any atom is 0.258 e. The number of nitrogens with zero attached hydrogens (tertiary/aromatic N) is 1. The molecule has 3 heterocycles. The molecule has 1 amide bonds. The van der Waals surface area contributed by atoms with Crippen molar-refractivity contribution in [3.8, 4) is 0 Å². The van der Waals surface area contributed by atoms with Gasteiger partial charge < -0.3 is 10.6 Å². The summed E-state index contributed by atoms with van der Waals surface area (Å²) in [7, 11) is 0. The predicted molar refractivity (Wildman–Crippen MR) is 93.1 cm³/mol. The Labute approximate surface area is 138 Å². The predicted octanol–water partition coefficient (Wildman–Crippen LogP) is 2.44. The highest BCUT2D eigenvalue weighted by molar-refractivity contribution is 8.04. The van der Waals surface area contributed by atoms with Crippen molar-refractivity contribution in [2.75, 3.05) is 19.6 Å². The minimum absolute atomic E-state index is 0.0296. The largest absolute Gasteiger partial charge is 0.348 e. The summed E-state index contributed by atoms with van der Waals surface area (Å²) in [6.45, 7) is 2.66. The number of H-pyrrole nitrogens is 1. The van der Waals surface area contributed by atoms with Gasteiger partial charge in [-0.3, -0.25) is 9.89 Å². The molecule has 0 aliphatic carbocycles. The molecule has 6 heteroatoms. The van der Waals surface area contributed by atoms with Gasteiger partial charge in [0.15, 0.2) is 0 Å². The summed E-state index contributed by atoms with van der Waals surface area (Å²) in [5, 5.41) is 14.7. The van der Waals surface area contributed by atoms with Crippen LogP contribution in [0.2, 0.25) is 0 Å². The van der Waals surface area contributed by atoms with Crippen LogP contribution in [0.3, 0.4) is 0 Å². The van der Waals surface area contributed by atoms with Crippen LogP contribution in [-0.2, 0) is 4.79 Å². The lowest BCUT2D eigenvalue weighted by atomic mass is 10.1. The summed E-state index contributed by atoms with van der Waals surface area (Å²) in [6.07, 6.45) is 6.19. The summed E-state index contributed by atoms with van der Waals surface area (Å²) in [6, 6.07) is 5.98. The summed E-state index contributed by atoms with van der Waals surface area (Å²) in [5.74, 6) is -0.0296. The molecule has 0 unspecified atom stereocenters. The van der Waals surface area contributed by atoms with Gasteiger partial charge >= 0.3 is 0 Å². The monoisotopic (exact) mass is 326 g/mol. The Morgan fingerprint density at radius 2 is 2.22 bits per heavy atom. The van der Waals surface area contributed by atoms with Crippen molar-refractivity contribution >= 4 is 34.6 Å². The number of thioether (sulfide) groups is 1. The highest BCUT2D eigenvalue weighted by Crippen LogP contribution is 2.39. The Morgan fingerprint density at radius 1 is 1.35 bits per heavy atom. The van der Waals surface area contributed by atoms with Crippen LogP contribution < -0.4 is 10.6 Å². The Balaban J connectivity index is 1.46. The van der Waals surface area contributed by atoms with Crippen molar-refractivity contribution in [3.05, 3.63) is 40.4 Å². The maximum atomic E-state index is 12.4. The number of piperidine rings is 1. The molecule has 0 saturated carbocycles. The van der Waals surface area contributed by atoms with Crippen LogP contribution in [-0.4, -0.2) is 35.7 Å². The molecule has 23 heavy (non-hydrogen) atoms. The molecule has 5 nitrogen and oxygen atoms in total. The van der Waals surface area contributed by atoms with Gasteiger partial charge in [0.2, 0.25) is 0 Å². The van der Waals surface area contributed by atoms with Gasteiger partial charge in [-0.1, -0.05) is 29.5 Å². The van der Waals surface area contributed by atoms with Gasteiger partial charge in [-0.25, -0.2) is 0 Å². The number of hydrogen-bond donors (Lipinski definition) is 3. The Bertz CT molecular complexity index is 813. The number of rotatable bonds is 3. The van der Waals surface area contributed by atoms with Crippen LogP contribution >= 0.6 is 11.8 Å². The van der Waals surface area contributed by atoms with E-state index in [9.17, 15) is 4.79 Å². The molecule has 3 N–H and O–H groups in total. The van der Waals surface area contributed by atoms with Gasteiger partial charge in [0, 0.05) is 16.8 Å². The van der Waals surface area contributed by atoms with Gasteiger partial charge in [-0.05, 0) is 44.1 Å². The van der Waals surface area contributed by atoms with Crippen molar-refractivity contribution in [2.45, 2.75) is 17.7 Å². The van der Waals surface area contributed by atoms with E-state index in [4.69, 9.17) is 0 Å². The highest BCUT2D eigenvalue weighted by atomic mass is 32.2. The van der Waals surface area contributed by atoms with E-state index in [1.165, 1.54) is 17.3 Å².